The minimum atomic E-state index is 0.268. The molecule has 5 rings (SSSR count). The van der Waals surface area contributed by atoms with E-state index in [2.05, 4.69) is 57.6 Å². The number of thioether (sulfide) groups is 1. The van der Waals surface area contributed by atoms with Crippen molar-refractivity contribution in [3.05, 3.63) is 41.6 Å². The quantitative estimate of drug-likeness (QED) is 0.739. The Morgan fingerprint density at radius 3 is 3.00 bits per heavy atom. The second-order valence-electron chi connectivity index (χ2n) is 7.48. The van der Waals surface area contributed by atoms with E-state index in [1.165, 1.54) is 39.1 Å². The molecule has 2 atom stereocenters. The van der Waals surface area contributed by atoms with Crippen molar-refractivity contribution < 1.29 is 0 Å². The summed E-state index contributed by atoms with van der Waals surface area (Å²) in [7, 11) is 2.24. The molecule has 26 heavy (non-hydrogen) atoms. The number of hydrogen-bond donors (Lipinski definition) is 2. The van der Waals surface area contributed by atoms with Crippen molar-refractivity contribution in [1.29, 1.82) is 0 Å². The SMILES string of the molecule is CN1C[C@@H](NC(=S)N2CCSCC2)C=C2c3cccc4[nH]cc(c34)C[C@H]21. The summed E-state index contributed by atoms with van der Waals surface area (Å²) in [5, 5.41) is 5.94. The maximum Gasteiger partial charge on any atom is 0.169 e. The lowest BCUT2D eigenvalue weighted by Gasteiger charge is -2.41. The Morgan fingerprint density at radius 2 is 2.15 bits per heavy atom. The van der Waals surface area contributed by atoms with Crippen molar-refractivity contribution >= 4 is 45.6 Å². The lowest BCUT2D eigenvalue weighted by Crippen LogP contribution is -2.53. The number of likely N-dealkylation sites (N-methyl/N-ethyl adjacent to an activating group) is 1. The molecule has 1 saturated heterocycles. The van der Waals surface area contributed by atoms with Crippen LogP contribution in [0.15, 0.2) is 30.5 Å². The predicted octanol–water partition coefficient (Wildman–Crippen LogP) is 2.71. The van der Waals surface area contributed by atoms with Gasteiger partial charge in [0.2, 0.25) is 0 Å². The summed E-state index contributed by atoms with van der Waals surface area (Å²) in [6.07, 6.45) is 5.70. The fraction of sp³-hybridized carbons (Fsp3) is 0.450. The molecule has 1 aromatic heterocycles. The van der Waals surface area contributed by atoms with Crippen LogP contribution in [0.1, 0.15) is 11.1 Å². The zero-order valence-electron chi connectivity index (χ0n) is 15.0. The largest absolute Gasteiger partial charge is 0.361 e. The van der Waals surface area contributed by atoms with Gasteiger partial charge in [-0.1, -0.05) is 18.2 Å². The molecule has 1 aromatic carbocycles. The molecule has 0 radical (unpaired) electrons. The highest BCUT2D eigenvalue weighted by atomic mass is 32.2. The lowest BCUT2D eigenvalue weighted by molar-refractivity contribution is 0.260. The number of aromatic nitrogens is 1. The third-order valence-electron chi connectivity index (χ3n) is 5.88. The molecule has 1 aliphatic carbocycles. The van der Waals surface area contributed by atoms with Gasteiger partial charge >= 0.3 is 0 Å². The van der Waals surface area contributed by atoms with Crippen molar-refractivity contribution in [2.45, 2.75) is 18.5 Å². The van der Waals surface area contributed by atoms with Gasteiger partial charge in [0.25, 0.3) is 0 Å². The van der Waals surface area contributed by atoms with Crippen LogP contribution in [0, 0.1) is 0 Å². The van der Waals surface area contributed by atoms with Crippen LogP contribution in [-0.4, -0.2) is 70.2 Å². The third kappa shape index (κ3) is 2.75. The Labute approximate surface area is 164 Å². The van der Waals surface area contributed by atoms with Crippen molar-refractivity contribution in [2.24, 2.45) is 0 Å². The van der Waals surface area contributed by atoms with E-state index in [1.807, 2.05) is 11.8 Å². The van der Waals surface area contributed by atoms with Crippen LogP contribution in [0.4, 0.5) is 0 Å². The van der Waals surface area contributed by atoms with Crippen LogP contribution in [0.25, 0.3) is 16.5 Å². The smallest absolute Gasteiger partial charge is 0.169 e. The highest BCUT2D eigenvalue weighted by molar-refractivity contribution is 7.99. The van der Waals surface area contributed by atoms with Gasteiger partial charge in [-0.2, -0.15) is 11.8 Å². The average molecular weight is 385 g/mol. The molecule has 2 aliphatic heterocycles. The van der Waals surface area contributed by atoms with Crippen molar-refractivity contribution in [3.8, 4) is 0 Å². The number of aromatic amines is 1. The molecule has 1 fully saturated rings. The third-order valence-corrected chi connectivity index (χ3v) is 7.19. The normalized spacial score (nSPS) is 25.7. The van der Waals surface area contributed by atoms with E-state index in [0.717, 1.165) is 31.2 Å². The van der Waals surface area contributed by atoms with E-state index in [1.54, 1.807) is 0 Å². The first-order valence-corrected chi connectivity index (χ1v) is 10.9. The van der Waals surface area contributed by atoms with Gasteiger partial charge < -0.3 is 15.2 Å². The summed E-state index contributed by atoms with van der Waals surface area (Å²) in [4.78, 5) is 8.24. The Morgan fingerprint density at radius 1 is 1.31 bits per heavy atom. The highest BCUT2D eigenvalue weighted by Crippen LogP contribution is 2.39. The van der Waals surface area contributed by atoms with E-state index in [9.17, 15) is 0 Å². The maximum absolute atomic E-state index is 5.71. The van der Waals surface area contributed by atoms with Gasteiger partial charge in [0, 0.05) is 54.3 Å². The molecule has 0 bridgehead atoms. The number of nitrogens with zero attached hydrogens (tertiary/aromatic N) is 2. The van der Waals surface area contributed by atoms with E-state index in [-0.39, 0.29) is 6.04 Å². The number of H-pyrrole nitrogens is 1. The average Bonchev–Trinajstić information content (AvgIpc) is 3.08. The summed E-state index contributed by atoms with van der Waals surface area (Å²) in [6, 6.07) is 7.34. The second kappa shape index (κ2) is 6.59. The van der Waals surface area contributed by atoms with Gasteiger partial charge in [0.05, 0.1) is 6.04 Å². The van der Waals surface area contributed by atoms with Crippen LogP contribution in [0.5, 0.6) is 0 Å². The number of benzene rings is 1. The molecule has 0 amide bonds. The van der Waals surface area contributed by atoms with E-state index < -0.39 is 0 Å². The van der Waals surface area contributed by atoms with E-state index in [0.29, 0.717) is 6.04 Å². The number of hydrogen-bond acceptors (Lipinski definition) is 3. The van der Waals surface area contributed by atoms with Crippen LogP contribution in [-0.2, 0) is 6.42 Å². The minimum absolute atomic E-state index is 0.268. The Bertz CT molecular complexity index is 881. The molecular formula is C20H24N4S2. The molecule has 0 saturated carbocycles. The monoisotopic (exact) mass is 384 g/mol. The Balaban J connectivity index is 1.45. The van der Waals surface area contributed by atoms with Gasteiger partial charge in [-0.25, -0.2) is 0 Å². The first-order valence-electron chi connectivity index (χ1n) is 9.35. The summed E-state index contributed by atoms with van der Waals surface area (Å²) in [6.45, 7) is 3.11. The molecule has 136 valence electrons. The molecule has 0 spiro atoms. The summed E-state index contributed by atoms with van der Waals surface area (Å²) in [5.74, 6) is 2.35. The fourth-order valence-corrected chi connectivity index (χ4v) is 5.80. The van der Waals surface area contributed by atoms with Gasteiger partial charge in [-0.05, 0) is 48.5 Å². The number of thiocarbonyl (C=S) groups is 1. The summed E-state index contributed by atoms with van der Waals surface area (Å²) >= 11 is 7.72. The Hall–Kier alpha value is -1.50. The van der Waals surface area contributed by atoms with Crippen molar-refractivity contribution in [1.82, 2.24) is 20.1 Å². The standard InChI is InChI=1S/C20H24N4S2/c1-23-12-14(22-20(25)24-5-7-26-8-6-24)10-16-15-3-2-4-17-19(15)13(11-21-17)9-18(16)23/h2-4,10-11,14,18,21H,5-9,12H2,1H3,(H,22,25)/t14-,18+/m0/s1. The number of rotatable bonds is 1. The topological polar surface area (TPSA) is 34.3 Å². The molecular weight excluding hydrogens is 360 g/mol. The molecule has 2 aromatic rings. The van der Waals surface area contributed by atoms with Crippen LogP contribution < -0.4 is 5.32 Å². The summed E-state index contributed by atoms with van der Waals surface area (Å²) in [5.41, 5.74) is 5.52. The van der Waals surface area contributed by atoms with Gasteiger partial charge in [-0.3, -0.25) is 4.90 Å². The maximum atomic E-state index is 5.71. The molecule has 3 heterocycles. The van der Waals surface area contributed by atoms with Crippen molar-refractivity contribution in [3.63, 3.8) is 0 Å². The Kier molecular flexibility index (Phi) is 4.22. The van der Waals surface area contributed by atoms with Gasteiger partial charge in [-0.15, -0.1) is 0 Å². The van der Waals surface area contributed by atoms with Crippen LogP contribution >= 0.6 is 24.0 Å². The molecule has 4 nitrogen and oxygen atoms in total. The molecule has 6 heteroatoms. The van der Waals surface area contributed by atoms with Crippen molar-refractivity contribution in [2.75, 3.05) is 38.2 Å². The highest BCUT2D eigenvalue weighted by Gasteiger charge is 2.34. The first-order chi connectivity index (χ1) is 12.7. The zero-order chi connectivity index (χ0) is 17.7. The minimum Gasteiger partial charge on any atom is -0.361 e. The van der Waals surface area contributed by atoms with Gasteiger partial charge in [0.15, 0.2) is 5.11 Å². The van der Waals surface area contributed by atoms with Gasteiger partial charge in [0.1, 0.15) is 0 Å². The predicted molar refractivity (Wildman–Crippen MR) is 115 cm³/mol. The van der Waals surface area contributed by atoms with E-state index in [4.69, 9.17) is 12.2 Å². The zero-order valence-corrected chi connectivity index (χ0v) is 16.6. The second-order valence-corrected chi connectivity index (χ2v) is 9.09. The molecule has 0 unspecified atom stereocenters. The van der Waals surface area contributed by atoms with Crippen LogP contribution in [0.2, 0.25) is 0 Å². The molecule has 2 N–H and O–H groups in total. The molecule has 3 aliphatic rings. The number of fused-ring (bicyclic) bond motifs is 2. The van der Waals surface area contributed by atoms with Crippen LogP contribution in [0.3, 0.4) is 0 Å². The summed E-state index contributed by atoms with van der Waals surface area (Å²) < 4.78 is 0. The number of nitrogens with one attached hydrogen (secondary N) is 2. The fourth-order valence-electron chi connectivity index (χ4n) is 4.56. The van der Waals surface area contributed by atoms with E-state index >= 15 is 0 Å². The lowest BCUT2D eigenvalue weighted by atomic mass is 9.81. The first kappa shape index (κ1) is 16.7.